The van der Waals surface area contributed by atoms with Gasteiger partial charge in [-0.25, -0.2) is 9.78 Å². The quantitative estimate of drug-likeness (QED) is 0.349. The number of hydrogen-bond acceptors (Lipinski definition) is 6. The fourth-order valence-electron chi connectivity index (χ4n) is 5.94. The van der Waals surface area contributed by atoms with Crippen LogP contribution in [0, 0.1) is 11.8 Å². The van der Waals surface area contributed by atoms with Gasteiger partial charge in [0.2, 0.25) is 5.88 Å². The lowest BCUT2D eigenvalue weighted by atomic mass is 9.79. The Kier molecular flexibility index (Phi) is 7.55. The molecule has 1 aliphatic heterocycles. The second kappa shape index (κ2) is 10.9. The molecule has 1 saturated heterocycles. The number of rotatable bonds is 6. The Hall–Kier alpha value is -3.22. The number of amides is 1. The number of allylic oxidation sites excluding steroid dienone is 2. The van der Waals surface area contributed by atoms with Crippen LogP contribution in [-0.2, 0) is 20.7 Å². The lowest BCUT2D eigenvalue weighted by Crippen LogP contribution is -2.41. The van der Waals surface area contributed by atoms with Crippen molar-refractivity contribution in [3.05, 3.63) is 41.5 Å². The van der Waals surface area contributed by atoms with E-state index in [4.69, 9.17) is 14.5 Å². The molecule has 7 nitrogen and oxygen atoms in total. The molecule has 5 rings (SSSR count). The van der Waals surface area contributed by atoms with Crippen molar-refractivity contribution in [1.29, 1.82) is 0 Å². The number of nitrogens with zero attached hydrogens (tertiary/aromatic N) is 2. The molecule has 3 aliphatic rings. The number of fused-ring (bicyclic) bond motifs is 3. The molecule has 2 aliphatic carbocycles. The SMILES string of the molecule is CC(C)(C)OC(=O)N1CCC(CCCOc2ccc3c4c(ccc3n2)CC=C4C2CCC(=O)CC2=O)CC1. The summed E-state index contributed by atoms with van der Waals surface area (Å²) in [6, 6.07) is 8.10. The van der Waals surface area contributed by atoms with Gasteiger partial charge in [-0.2, -0.15) is 0 Å². The van der Waals surface area contributed by atoms with E-state index in [0.29, 0.717) is 31.2 Å². The van der Waals surface area contributed by atoms with E-state index >= 15 is 0 Å². The van der Waals surface area contributed by atoms with Crippen molar-refractivity contribution in [2.24, 2.45) is 11.8 Å². The van der Waals surface area contributed by atoms with Gasteiger partial charge in [0.15, 0.2) is 0 Å². The fourth-order valence-corrected chi connectivity index (χ4v) is 5.94. The maximum atomic E-state index is 12.6. The Balaban J connectivity index is 1.14. The van der Waals surface area contributed by atoms with E-state index in [-0.39, 0.29) is 30.0 Å². The number of Topliss-reactive ketones (excluding diaryl/α,β-unsaturated/α-hetero) is 2. The van der Waals surface area contributed by atoms with Crippen molar-refractivity contribution in [3.63, 3.8) is 0 Å². The van der Waals surface area contributed by atoms with Crippen LogP contribution in [0.15, 0.2) is 30.3 Å². The average Bonchev–Trinajstić information content (AvgIpc) is 3.30. The minimum absolute atomic E-state index is 0.0424. The first-order valence-electron chi connectivity index (χ1n) is 14.0. The molecule has 2 aromatic rings. The molecular formula is C31H38N2O5. The van der Waals surface area contributed by atoms with Crippen molar-refractivity contribution in [3.8, 4) is 5.88 Å². The van der Waals surface area contributed by atoms with E-state index in [9.17, 15) is 14.4 Å². The van der Waals surface area contributed by atoms with Gasteiger partial charge in [-0.05, 0) is 94.0 Å². The molecule has 0 bridgehead atoms. The van der Waals surface area contributed by atoms with E-state index in [2.05, 4.69) is 18.2 Å². The monoisotopic (exact) mass is 518 g/mol. The van der Waals surface area contributed by atoms with Crippen LogP contribution in [-0.4, -0.2) is 52.8 Å². The van der Waals surface area contributed by atoms with Crippen LogP contribution in [0.25, 0.3) is 16.5 Å². The number of benzene rings is 1. The first kappa shape index (κ1) is 26.4. The third-order valence-electron chi connectivity index (χ3n) is 7.88. The van der Waals surface area contributed by atoms with Gasteiger partial charge in [-0.15, -0.1) is 0 Å². The van der Waals surface area contributed by atoms with Crippen molar-refractivity contribution in [2.75, 3.05) is 19.7 Å². The summed E-state index contributed by atoms with van der Waals surface area (Å²) in [5.74, 6) is 1.11. The highest BCUT2D eigenvalue weighted by Gasteiger charge is 2.33. The van der Waals surface area contributed by atoms with E-state index in [1.54, 1.807) is 0 Å². The summed E-state index contributed by atoms with van der Waals surface area (Å²) in [4.78, 5) is 43.2. The molecule has 2 heterocycles. The first-order valence-corrected chi connectivity index (χ1v) is 14.0. The predicted molar refractivity (Wildman–Crippen MR) is 146 cm³/mol. The summed E-state index contributed by atoms with van der Waals surface area (Å²) in [6.07, 6.45) is 7.89. The summed E-state index contributed by atoms with van der Waals surface area (Å²) in [5, 5.41) is 1.04. The van der Waals surface area contributed by atoms with Gasteiger partial charge in [0.25, 0.3) is 0 Å². The summed E-state index contributed by atoms with van der Waals surface area (Å²) in [7, 11) is 0. The Morgan fingerprint density at radius 3 is 2.61 bits per heavy atom. The zero-order valence-corrected chi connectivity index (χ0v) is 22.8. The normalized spacial score (nSPS) is 20.4. The summed E-state index contributed by atoms with van der Waals surface area (Å²) in [5.41, 5.74) is 3.80. The minimum Gasteiger partial charge on any atom is -0.478 e. The Bertz CT molecular complexity index is 1270. The Morgan fingerprint density at radius 1 is 1.08 bits per heavy atom. The highest BCUT2D eigenvalue weighted by Crippen LogP contribution is 2.41. The second-order valence-corrected chi connectivity index (χ2v) is 11.9. The largest absolute Gasteiger partial charge is 0.478 e. The van der Waals surface area contributed by atoms with Gasteiger partial charge in [-0.1, -0.05) is 12.1 Å². The molecule has 1 atom stereocenters. The molecule has 1 saturated carbocycles. The highest BCUT2D eigenvalue weighted by molar-refractivity contribution is 6.09. The zero-order chi connectivity index (χ0) is 26.9. The fraction of sp³-hybridized carbons (Fsp3) is 0.548. The summed E-state index contributed by atoms with van der Waals surface area (Å²) >= 11 is 0. The lowest BCUT2D eigenvalue weighted by molar-refractivity contribution is -0.131. The third-order valence-corrected chi connectivity index (χ3v) is 7.88. The molecule has 1 aromatic carbocycles. The predicted octanol–water partition coefficient (Wildman–Crippen LogP) is 5.92. The van der Waals surface area contributed by atoms with Crippen molar-refractivity contribution >= 4 is 34.1 Å². The molecule has 2 fully saturated rings. The van der Waals surface area contributed by atoms with Crippen LogP contribution in [0.1, 0.15) is 76.8 Å². The maximum Gasteiger partial charge on any atom is 0.410 e. The number of hydrogen-bond donors (Lipinski definition) is 0. The van der Waals surface area contributed by atoms with Gasteiger partial charge < -0.3 is 14.4 Å². The minimum atomic E-state index is -0.461. The van der Waals surface area contributed by atoms with Gasteiger partial charge in [0.05, 0.1) is 18.5 Å². The second-order valence-electron chi connectivity index (χ2n) is 11.9. The zero-order valence-electron chi connectivity index (χ0n) is 22.8. The Morgan fingerprint density at radius 2 is 1.87 bits per heavy atom. The molecular weight excluding hydrogens is 480 g/mol. The van der Waals surface area contributed by atoms with Crippen LogP contribution in [0.3, 0.4) is 0 Å². The first-order chi connectivity index (χ1) is 18.2. The van der Waals surface area contributed by atoms with Crippen LogP contribution in [0.5, 0.6) is 5.88 Å². The molecule has 38 heavy (non-hydrogen) atoms. The van der Waals surface area contributed by atoms with Crippen molar-refractivity contribution in [2.45, 2.75) is 77.7 Å². The van der Waals surface area contributed by atoms with Gasteiger partial charge in [0, 0.05) is 36.9 Å². The summed E-state index contributed by atoms with van der Waals surface area (Å²) < 4.78 is 11.5. The van der Waals surface area contributed by atoms with Crippen LogP contribution >= 0.6 is 0 Å². The van der Waals surface area contributed by atoms with Crippen molar-refractivity contribution in [1.82, 2.24) is 9.88 Å². The number of likely N-dealkylation sites (tertiary alicyclic amines) is 1. The molecule has 1 unspecified atom stereocenters. The van der Waals surface area contributed by atoms with E-state index in [1.165, 1.54) is 5.56 Å². The smallest absolute Gasteiger partial charge is 0.410 e. The number of ether oxygens (including phenoxy) is 2. The Labute approximate surface area is 224 Å². The van der Waals surface area contributed by atoms with Gasteiger partial charge in [-0.3, -0.25) is 9.59 Å². The van der Waals surface area contributed by atoms with E-state index in [0.717, 1.165) is 67.2 Å². The number of carbonyl (C=O) groups is 3. The van der Waals surface area contributed by atoms with E-state index in [1.807, 2.05) is 37.8 Å². The van der Waals surface area contributed by atoms with Crippen molar-refractivity contribution < 1.29 is 23.9 Å². The third kappa shape index (κ3) is 5.92. The molecule has 0 N–H and O–H groups in total. The summed E-state index contributed by atoms with van der Waals surface area (Å²) in [6.45, 7) is 7.78. The van der Waals surface area contributed by atoms with Gasteiger partial charge in [0.1, 0.15) is 17.2 Å². The standard InChI is InChI=1S/C31H38N2O5/c1-31(2,3)38-30(36)33-16-14-20(15-17-33)5-4-18-37-28-13-11-25-26(32-28)12-7-21-6-9-24(29(21)25)23-10-8-22(34)19-27(23)35/h7,9,11-13,20,23H,4-6,8,10,14-19H2,1-3H3. The topological polar surface area (TPSA) is 85.8 Å². The highest BCUT2D eigenvalue weighted by atomic mass is 16.6. The molecule has 0 spiro atoms. The van der Waals surface area contributed by atoms with E-state index < -0.39 is 5.60 Å². The molecule has 7 heteroatoms. The number of piperidine rings is 1. The number of carbonyl (C=O) groups excluding carboxylic acids is 3. The number of ketones is 2. The average molecular weight is 519 g/mol. The van der Waals surface area contributed by atoms with Crippen LogP contribution < -0.4 is 4.74 Å². The maximum absolute atomic E-state index is 12.6. The molecule has 202 valence electrons. The number of pyridine rings is 1. The molecule has 0 radical (unpaired) electrons. The molecule has 1 amide bonds. The number of aromatic nitrogens is 1. The lowest BCUT2D eigenvalue weighted by Gasteiger charge is -2.33. The molecule has 1 aromatic heterocycles. The van der Waals surface area contributed by atoms with Crippen LogP contribution in [0.4, 0.5) is 4.79 Å². The van der Waals surface area contributed by atoms with Gasteiger partial charge >= 0.3 is 6.09 Å². The van der Waals surface area contributed by atoms with Crippen LogP contribution in [0.2, 0.25) is 0 Å².